The summed E-state index contributed by atoms with van der Waals surface area (Å²) in [7, 11) is 3.31. The molecule has 2 aromatic carbocycles. The van der Waals surface area contributed by atoms with Crippen molar-refractivity contribution < 1.29 is 19.4 Å². The number of carboxylic acids is 1. The third-order valence-corrected chi connectivity index (χ3v) is 6.13. The van der Waals surface area contributed by atoms with Gasteiger partial charge in [-0.15, -0.1) is 0 Å². The number of carbonyl (C=O) groups is 2. The first-order chi connectivity index (χ1) is 15.4. The SMILES string of the molecule is COc1ccc(-n2cccc2/C=C2\SC(=Nc3ccc(C(=O)O)cc3C)N(C)C2=O)cc1. The fraction of sp³-hybridized carbons (Fsp3) is 0.125. The Kier molecular flexibility index (Phi) is 5.87. The molecule has 0 bridgehead atoms. The van der Waals surface area contributed by atoms with Gasteiger partial charge < -0.3 is 14.4 Å². The van der Waals surface area contributed by atoms with Gasteiger partial charge in [-0.2, -0.15) is 0 Å². The topological polar surface area (TPSA) is 84.1 Å². The Labute approximate surface area is 189 Å². The van der Waals surface area contributed by atoms with E-state index in [1.54, 1.807) is 33.2 Å². The molecule has 1 fully saturated rings. The first-order valence-electron chi connectivity index (χ1n) is 9.79. The van der Waals surface area contributed by atoms with Crippen molar-refractivity contribution in [1.29, 1.82) is 0 Å². The number of aromatic carboxylic acids is 1. The zero-order chi connectivity index (χ0) is 22.8. The maximum absolute atomic E-state index is 12.8. The van der Waals surface area contributed by atoms with Crippen LogP contribution in [0, 0.1) is 6.92 Å². The van der Waals surface area contributed by atoms with Gasteiger partial charge in [0.05, 0.1) is 23.3 Å². The van der Waals surface area contributed by atoms with Crippen LogP contribution in [0.25, 0.3) is 11.8 Å². The summed E-state index contributed by atoms with van der Waals surface area (Å²) >= 11 is 1.29. The number of amidine groups is 1. The summed E-state index contributed by atoms with van der Waals surface area (Å²) in [6.45, 7) is 1.80. The molecule has 1 aromatic heterocycles. The molecule has 2 heterocycles. The summed E-state index contributed by atoms with van der Waals surface area (Å²) in [5.74, 6) is -0.354. The minimum atomic E-state index is -0.986. The minimum absolute atomic E-state index is 0.143. The number of amides is 1. The van der Waals surface area contributed by atoms with Gasteiger partial charge in [0.25, 0.3) is 5.91 Å². The van der Waals surface area contributed by atoms with Crippen LogP contribution in [-0.4, -0.2) is 45.8 Å². The van der Waals surface area contributed by atoms with Crippen LogP contribution in [0.3, 0.4) is 0 Å². The fourth-order valence-corrected chi connectivity index (χ4v) is 4.26. The monoisotopic (exact) mass is 447 g/mol. The van der Waals surface area contributed by atoms with E-state index in [1.807, 2.05) is 53.2 Å². The molecule has 162 valence electrons. The Balaban J connectivity index is 1.63. The largest absolute Gasteiger partial charge is 0.497 e. The third kappa shape index (κ3) is 4.17. The number of thioether (sulfide) groups is 1. The minimum Gasteiger partial charge on any atom is -0.497 e. The number of rotatable bonds is 5. The molecular formula is C24H21N3O4S. The lowest BCUT2D eigenvalue weighted by molar-refractivity contribution is -0.121. The maximum Gasteiger partial charge on any atom is 0.335 e. The van der Waals surface area contributed by atoms with Gasteiger partial charge in [0, 0.05) is 24.6 Å². The van der Waals surface area contributed by atoms with E-state index >= 15 is 0 Å². The summed E-state index contributed by atoms with van der Waals surface area (Å²) < 4.78 is 7.21. The second-order valence-corrected chi connectivity index (χ2v) is 8.19. The van der Waals surface area contributed by atoms with Gasteiger partial charge in [-0.1, -0.05) is 0 Å². The smallest absolute Gasteiger partial charge is 0.335 e. The van der Waals surface area contributed by atoms with Crippen LogP contribution in [0.4, 0.5) is 5.69 Å². The van der Waals surface area contributed by atoms with E-state index < -0.39 is 5.97 Å². The highest BCUT2D eigenvalue weighted by Crippen LogP contribution is 2.34. The van der Waals surface area contributed by atoms with E-state index in [9.17, 15) is 9.59 Å². The number of carboxylic acid groups (broad SMARTS) is 1. The number of ether oxygens (including phenoxy) is 1. The quantitative estimate of drug-likeness (QED) is 0.572. The van der Waals surface area contributed by atoms with Gasteiger partial charge in [0.2, 0.25) is 0 Å². The second-order valence-electron chi connectivity index (χ2n) is 7.18. The Bertz CT molecular complexity index is 1260. The van der Waals surface area contributed by atoms with Crippen molar-refractivity contribution in [1.82, 2.24) is 9.47 Å². The van der Waals surface area contributed by atoms with E-state index in [-0.39, 0.29) is 11.5 Å². The van der Waals surface area contributed by atoms with Crippen LogP contribution in [-0.2, 0) is 4.79 Å². The number of likely N-dealkylation sites (N-methyl/N-ethyl adjacent to an activating group) is 1. The molecule has 0 radical (unpaired) electrons. The van der Waals surface area contributed by atoms with Crippen molar-refractivity contribution in [3.05, 3.63) is 82.5 Å². The molecule has 1 amide bonds. The van der Waals surface area contributed by atoms with Gasteiger partial charge >= 0.3 is 5.97 Å². The zero-order valence-electron chi connectivity index (χ0n) is 17.8. The van der Waals surface area contributed by atoms with Crippen LogP contribution in [0.2, 0.25) is 0 Å². The van der Waals surface area contributed by atoms with Gasteiger partial charge in [-0.25, -0.2) is 9.79 Å². The highest BCUT2D eigenvalue weighted by atomic mass is 32.2. The molecule has 3 aromatic rings. The summed E-state index contributed by atoms with van der Waals surface area (Å²) in [5, 5.41) is 9.68. The van der Waals surface area contributed by atoms with Crippen molar-refractivity contribution >= 4 is 40.6 Å². The Morgan fingerprint density at radius 2 is 1.91 bits per heavy atom. The van der Waals surface area contributed by atoms with Crippen molar-refractivity contribution in [2.24, 2.45) is 4.99 Å². The molecular weight excluding hydrogens is 426 g/mol. The van der Waals surface area contributed by atoms with Crippen molar-refractivity contribution in [2.45, 2.75) is 6.92 Å². The Hall–Kier alpha value is -3.78. The van der Waals surface area contributed by atoms with E-state index in [0.717, 1.165) is 22.7 Å². The maximum atomic E-state index is 12.8. The number of aliphatic imine (C=N–C) groups is 1. The van der Waals surface area contributed by atoms with Crippen LogP contribution in [0.1, 0.15) is 21.6 Å². The fourth-order valence-electron chi connectivity index (χ4n) is 3.29. The molecule has 0 atom stereocenters. The third-order valence-electron chi connectivity index (χ3n) is 5.07. The van der Waals surface area contributed by atoms with Gasteiger partial charge in [-0.05, 0) is 84.9 Å². The molecule has 8 heteroatoms. The lowest BCUT2D eigenvalue weighted by Crippen LogP contribution is -2.23. The van der Waals surface area contributed by atoms with Crippen molar-refractivity contribution in [2.75, 3.05) is 14.2 Å². The molecule has 32 heavy (non-hydrogen) atoms. The van der Waals surface area contributed by atoms with E-state index in [4.69, 9.17) is 9.84 Å². The molecule has 1 aliphatic rings. The molecule has 1 N–H and O–H groups in total. The number of nitrogens with zero attached hydrogens (tertiary/aromatic N) is 3. The predicted molar refractivity (Wildman–Crippen MR) is 126 cm³/mol. The van der Waals surface area contributed by atoms with E-state index in [2.05, 4.69) is 4.99 Å². The highest BCUT2D eigenvalue weighted by molar-refractivity contribution is 8.18. The average molecular weight is 448 g/mol. The van der Waals surface area contributed by atoms with Crippen LogP contribution < -0.4 is 4.74 Å². The number of aryl methyl sites for hydroxylation is 1. The molecule has 1 aliphatic heterocycles. The molecule has 0 saturated carbocycles. The van der Waals surface area contributed by atoms with E-state index in [0.29, 0.717) is 15.8 Å². The standard InChI is InChI=1S/C24H21N3O4S/c1-15-13-16(23(29)30)6-11-20(15)25-24-26(2)22(28)21(32-24)14-18-5-4-12-27(18)17-7-9-19(31-3)10-8-17/h4-14H,1-3H3,(H,29,30)/b21-14-,25-24?. The summed E-state index contributed by atoms with van der Waals surface area (Å²) in [6, 6.07) is 16.3. The molecule has 4 rings (SSSR count). The first kappa shape index (κ1) is 21.5. The summed E-state index contributed by atoms with van der Waals surface area (Å²) in [6.07, 6.45) is 3.78. The number of hydrogen-bond acceptors (Lipinski definition) is 5. The number of carbonyl (C=O) groups excluding carboxylic acids is 1. The number of benzene rings is 2. The average Bonchev–Trinajstić information content (AvgIpc) is 3.35. The predicted octanol–water partition coefficient (Wildman–Crippen LogP) is 4.73. The summed E-state index contributed by atoms with van der Waals surface area (Å²) in [5.41, 5.74) is 3.37. The zero-order valence-corrected chi connectivity index (χ0v) is 18.6. The Morgan fingerprint density at radius 1 is 1.16 bits per heavy atom. The second kappa shape index (κ2) is 8.76. The van der Waals surface area contributed by atoms with Crippen molar-refractivity contribution in [3.63, 3.8) is 0 Å². The van der Waals surface area contributed by atoms with Crippen LogP contribution in [0.5, 0.6) is 5.75 Å². The van der Waals surface area contributed by atoms with Crippen molar-refractivity contribution in [3.8, 4) is 11.4 Å². The lowest BCUT2D eigenvalue weighted by Gasteiger charge is -2.09. The molecule has 0 aliphatic carbocycles. The lowest BCUT2D eigenvalue weighted by atomic mass is 10.1. The van der Waals surface area contributed by atoms with Gasteiger partial charge in [0.1, 0.15) is 5.75 Å². The Morgan fingerprint density at radius 3 is 2.56 bits per heavy atom. The molecule has 7 nitrogen and oxygen atoms in total. The first-order valence-corrected chi connectivity index (χ1v) is 10.6. The van der Waals surface area contributed by atoms with E-state index in [1.165, 1.54) is 22.7 Å². The number of aromatic nitrogens is 1. The van der Waals surface area contributed by atoms with Gasteiger partial charge in [0.15, 0.2) is 5.17 Å². The summed E-state index contributed by atoms with van der Waals surface area (Å²) in [4.78, 5) is 30.7. The van der Waals surface area contributed by atoms with Crippen LogP contribution in [0.15, 0.2) is 70.7 Å². The normalized spacial score (nSPS) is 16.2. The number of hydrogen-bond donors (Lipinski definition) is 1. The molecule has 0 spiro atoms. The number of methoxy groups -OCH3 is 1. The molecule has 0 unspecified atom stereocenters. The van der Waals surface area contributed by atoms with Crippen LogP contribution >= 0.6 is 11.8 Å². The highest BCUT2D eigenvalue weighted by Gasteiger charge is 2.30. The molecule has 1 saturated heterocycles. The van der Waals surface area contributed by atoms with Gasteiger partial charge in [-0.3, -0.25) is 9.69 Å².